The third kappa shape index (κ3) is 5.83. The Morgan fingerprint density at radius 2 is 1.74 bits per heavy atom. The Balaban J connectivity index is 1.33. The number of ether oxygens (including phenoxy) is 2. The number of anilines is 2. The zero-order chi connectivity index (χ0) is 32.7. The first-order chi connectivity index (χ1) is 22.0. The Kier molecular flexibility index (Phi) is 8.29. The molecule has 0 aliphatic carbocycles. The van der Waals surface area contributed by atoms with Crippen molar-refractivity contribution in [3.8, 4) is 17.2 Å². The van der Waals surface area contributed by atoms with Crippen LogP contribution >= 0.6 is 23.1 Å². The third-order valence-electron chi connectivity index (χ3n) is 7.41. The van der Waals surface area contributed by atoms with Gasteiger partial charge in [-0.15, -0.1) is 0 Å². The van der Waals surface area contributed by atoms with Crippen molar-refractivity contribution in [2.24, 2.45) is 5.92 Å². The number of phenolic OH excluding ortho intramolecular Hbond substituents is 1. The number of fused-ring (bicyclic) bond motifs is 2. The number of carbonyl (C=O) groups excluding carboxylic acids is 3. The minimum absolute atomic E-state index is 0.0418. The predicted molar refractivity (Wildman–Crippen MR) is 164 cm³/mol. The number of aromatic hydroxyl groups is 1. The van der Waals surface area contributed by atoms with E-state index in [1.807, 2.05) is 0 Å². The molecule has 3 N–H and O–H groups in total. The minimum atomic E-state index is -4.82. The summed E-state index contributed by atoms with van der Waals surface area (Å²) >= 11 is 1.80. The molecular formula is C31H24F3N3O7S2. The molecule has 1 fully saturated rings. The van der Waals surface area contributed by atoms with Gasteiger partial charge in [0.05, 0.1) is 28.8 Å². The lowest BCUT2D eigenvalue weighted by atomic mass is 9.83. The van der Waals surface area contributed by atoms with Gasteiger partial charge in [0.1, 0.15) is 11.0 Å². The summed E-state index contributed by atoms with van der Waals surface area (Å²) in [4.78, 5) is 55.9. The van der Waals surface area contributed by atoms with Gasteiger partial charge in [0.25, 0.3) is 5.91 Å². The van der Waals surface area contributed by atoms with E-state index < -0.39 is 63.7 Å². The van der Waals surface area contributed by atoms with Crippen molar-refractivity contribution in [3.05, 3.63) is 92.4 Å². The monoisotopic (exact) mass is 671 g/mol. The topological polar surface area (TPSA) is 138 Å². The van der Waals surface area contributed by atoms with Gasteiger partial charge in [-0.05, 0) is 61.0 Å². The van der Waals surface area contributed by atoms with E-state index in [0.29, 0.717) is 26.1 Å². The molecule has 0 radical (unpaired) electrons. The molecule has 10 nitrogen and oxygen atoms in total. The van der Waals surface area contributed by atoms with Crippen LogP contribution in [0.5, 0.6) is 17.2 Å². The largest absolute Gasteiger partial charge is 0.508 e. The summed E-state index contributed by atoms with van der Waals surface area (Å²) in [5.74, 6) is -3.67. The van der Waals surface area contributed by atoms with Gasteiger partial charge in [0.15, 0.2) is 18.1 Å². The number of amides is 3. The van der Waals surface area contributed by atoms with Gasteiger partial charge >= 0.3 is 11.0 Å². The Bertz CT molecular complexity index is 1890. The lowest BCUT2D eigenvalue weighted by Gasteiger charge is -2.30. The number of aromatic nitrogens is 1. The molecule has 0 saturated carbocycles. The van der Waals surface area contributed by atoms with Gasteiger partial charge in [-0.1, -0.05) is 41.3 Å². The number of para-hydroxylation sites is 1. The number of nitrogens with zero attached hydrogens (tertiary/aromatic N) is 1. The fourth-order valence-corrected chi connectivity index (χ4v) is 8.03. The Morgan fingerprint density at radius 3 is 2.46 bits per heavy atom. The normalized spacial score (nSPS) is 19.0. The van der Waals surface area contributed by atoms with Gasteiger partial charge < -0.3 is 24.9 Å². The number of H-pyrrole nitrogens is 1. The molecular weight excluding hydrogens is 647 g/mol. The maximum atomic E-state index is 14.0. The first-order valence-electron chi connectivity index (χ1n) is 13.9. The predicted octanol–water partition coefficient (Wildman–Crippen LogP) is 5.37. The van der Waals surface area contributed by atoms with Crippen LogP contribution in [0.3, 0.4) is 0 Å². The Hall–Kier alpha value is -4.76. The summed E-state index contributed by atoms with van der Waals surface area (Å²) in [6, 6.07) is 15.0. The van der Waals surface area contributed by atoms with Gasteiger partial charge in [-0.25, -0.2) is 4.90 Å². The molecule has 3 heterocycles. The molecule has 46 heavy (non-hydrogen) atoms. The Labute approximate surface area is 267 Å². The number of thiazole rings is 1. The summed E-state index contributed by atoms with van der Waals surface area (Å²) in [5, 5.41) is 11.3. The highest BCUT2D eigenvalue weighted by molar-refractivity contribution is 8.00. The van der Waals surface area contributed by atoms with Crippen LogP contribution in [0.4, 0.5) is 24.5 Å². The molecule has 2 aliphatic heterocycles. The van der Waals surface area contributed by atoms with Crippen molar-refractivity contribution in [3.63, 3.8) is 0 Å². The van der Waals surface area contributed by atoms with Gasteiger partial charge in [0, 0.05) is 16.5 Å². The van der Waals surface area contributed by atoms with Crippen LogP contribution in [-0.4, -0.2) is 46.3 Å². The van der Waals surface area contributed by atoms with Gasteiger partial charge in [0.2, 0.25) is 11.8 Å². The maximum Gasteiger partial charge on any atom is 0.418 e. The van der Waals surface area contributed by atoms with E-state index in [4.69, 9.17) is 9.47 Å². The van der Waals surface area contributed by atoms with E-state index in [9.17, 15) is 37.5 Å². The highest BCUT2D eigenvalue weighted by atomic mass is 32.2. The summed E-state index contributed by atoms with van der Waals surface area (Å²) in [7, 11) is 0. The number of hydrogen-bond donors (Lipinski definition) is 3. The molecule has 2 aliphatic rings. The molecule has 0 bridgehead atoms. The third-order valence-corrected chi connectivity index (χ3v) is 9.81. The van der Waals surface area contributed by atoms with Crippen LogP contribution in [0.15, 0.2) is 76.6 Å². The quantitative estimate of drug-likeness (QED) is 0.168. The molecule has 1 aromatic heterocycles. The average molecular weight is 672 g/mol. The van der Waals surface area contributed by atoms with Crippen molar-refractivity contribution < 1.29 is 42.1 Å². The second-order valence-electron chi connectivity index (χ2n) is 10.3. The summed E-state index contributed by atoms with van der Waals surface area (Å²) in [6.45, 7) is 1.54. The highest BCUT2D eigenvalue weighted by Gasteiger charge is 2.57. The first kappa shape index (κ1) is 31.2. The zero-order valence-electron chi connectivity index (χ0n) is 23.8. The zero-order valence-corrected chi connectivity index (χ0v) is 25.4. The lowest BCUT2D eigenvalue weighted by molar-refractivity contribution is -0.137. The molecule has 3 amide bonds. The molecule has 3 aromatic carbocycles. The minimum Gasteiger partial charge on any atom is -0.508 e. The number of imide groups is 1. The summed E-state index contributed by atoms with van der Waals surface area (Å²) in [6.07, 6.45) is -4.82. The Morgan fingerprint density at radius 1 is 1.00 bits per heavy atom. The molecule has 1 saturated heterocycles. The van der Waals surface area contributed by atoms with Gasteiger partial charge in [-0.3, -0.25) is 19.2 Å². The summed E-state index contributed by atoms with van der Waals surface area (Å²) in [5.41, 5.74) is -0.765. The van der Waals surface area contributed by atoms with Crippen LogP contribution in [0.1, 0.15) is 28.8 Å². The van der Waals surface area contributed by atoms with Crippen molar-refractivity contribution in [2.75, 3.05) is 23.4 Å². The fraction of sp³-hybridized carbons (Fsp3) is 0.226. The fourth-order valence-electron chi connectivity index (χ4n) is 5.51. The lowest BCUT2D eigenvalue weighted by Crippen LogP contribution is -2.33. The van der Waals surface area contributed by atoms with Crippen LogP contribution in [0.25, 0.3) is 0 Å². The van der Waals surface area contributed by atoms with Crippen molar-refractivity contribution in [1.29, 1.82) is 0 Å². The number of rotatable bonds is 8. The second-order valence-corrected chi connectivity index (χ2v) is 12.5. The molecule has 0 unspecified atom stereocenters. The van der Waals surface area contributed by atoms with Crippen LogP contribution in [0.2, 0.25) is 0 Å². The van der Waals surface area contributed by atoms with Crippen LogP contribution < -0.4 is 24.6 Å². The number of nitrogens with one attached hydrogen (secondary N) is 2. The number of aromatic amines is 1. The highest BCUT2D eigenvalue weighted by Crippen LogP contribution is 2.54. The van der Waals surface area contributed by atoms with Gasteiger partial charge in [-0.2, -0.15) is 13.2 Å². The molecule has 4 aromatic rings. The first-order valence-corrected chi connectivity index (χ1v) is 15.6. The van der Waals surface area contributed by atoms with E-state index >= 15 is 0 Å². The van der Waals surface area contributed by atoms with E-state index in [0.717, 1.165) is 35.2 Å². The number of halogens is 3. The molecule has 238 valence electrons. The molecule has 15 heteroatoms. The smallest absolute Gasteiger partial charge is 0.418 e. The van der Waals surface area contributed by atoms with Crippen LogP contribution in [0, 0.1) is 5.92 Å². The summed E-state index contributed by atoms with van der Waals surface area (Å²) < 4.78 is 53.3. The molecule has 3 atom stereocenters. The number of phenols is 1. The van der Waals surface area contributed by atoms with E-state index in [2.05, 4.69) is 10.3 Å². The standard InChI is InChI=1S/C31H24F3N3O7S2/c1-2-43-21-13-15(7-12-20(21)44-14-22(39)35-16-8-10-17(38)11-9-16)23-24-26(45-27-25(23)46-30(42)36-27)29(41)37(28(24)40)19-6-4-3-5-18(19)31(32,33)34/h3-13,23-24,26,38H,2,14H2,1H3,(H,35,39)(H,36,42)/t23-,24-,26+/m0/s1. The number of alkyl halides is 3. The van der Waals surface area contributed by atoms with Crippen molar-refractivity contribution in [2.45, 2.75) is 29.3 Å². The van der Waals surface area contributed by atoms with E-state index in [1.165, 1.54) is 42.5 Å². The number of thioether (sulfide) groups is 1. The van der Waals surface area contributed by atoms with Crippen LogP contribution in [-0.2, 0) is 20.6 Å². The number of hydrogen-bond acceptors (Lipinski definition) is 9. The number of carbonyl (C=O) groups is 3. The SMILES string of the molecule is CCOc1cc([C@@H]2c3sc(=O)[nH]c3S[C@H]3C(=O)N(c4ccccc4C(F)(F)F)C(=O)[C@@H]23)ccc1OCC(=O)Nc1ccc(O)cc1. The van der Waals surface area contributed by atoms with Crippen molar-refractivity contribution >= 4 is 52.2 Å². The molecule has 0 spiro atoms. The second kappa shape index (κ2) is 12.2. The van der Waals surface area contributed by atoms with Crippen molar-refractivity contribution in [1.82, 2.24) is 4.98 Å². The average Bonchev–Trinajstić information content (AvgIpc) is 3.51. The van der Waals surface area contributed by atoms with E-state index in [-0.39, 0.29) is 23.9 Å². The molecule has 6 rings (SSSR count). The maximum absolute atomic E-state index is 14.0. The number of benzene rings is 3. The van der Waals surface area contributed by atoms with E-state index in [1.54, 1.807) is 19.1 Å².